The lowest BCUT2D eigenvalue weighted by Crippen LogP contribution is -2.64. The van der Waals surface area contributed by atoms with Crippen LogP contribution in [0.15, 0.2) is 66.9 Å². The summed E-state index contributed by atoms with van der Waals surface area (Å²) in [7, 11) is 9.23. The minimum Gasteiger partial charge on any atom is -0.457 e. The van der Waals surface area contributed by atoms with Crippen molar-refractivity contribution in [2.24, 2.45) is 7.05 Å². The number of halogens is 4. The van der Waals surface area contributed by atoms with Crippen molar-refractivity contribution in [1.82, 2.24) is 35.3 Å². The van der Waals surface area contributed by atoms with Gasteiger partial charge in [0.05, 0.1) is 36.6 Å². The molecule has 0 aliphatic carbocycles. The molecule has 3 N–H and O–H groups in total. The lowest BCUT2D eigenvalue weighted by molar-refractivity contribution is -0.142. The number of rotatable bonds is 16. The Kier molecular flexibility index (Phi) is 15.9. The Bertz CT molecular complexity index is 1890. The quantitative estimate of drug-likeness (QED) is 0.122. The number of benzene rings is 3. The Morgan fingerprint density at radius 2 is 1.78 bits per heavy atom. The summed E-state index contributed by atoms with van der Waals surface area (Å²) >= 11 is 12.4. The summed E-state index contributed by atoms with van der Waals surface area (Å²) in [5.74, 6) is 0.340. The Labute approximate surface area is 339 Å². The standard InChI is InChI=1S/C40H50Cl2FN7O4.ClH/c1-26(38(51)47-34(24-53-6)39(52)50(5)40(16-7-17-44-25-40)20-27-8-12-29(41)13-9-27)45-21-32-33(43)18-30(42)19-36(32)54-31-14-10-28(11-15-31)35-22-46-37(49(35)4)23-48(2)3;/h8-15,18-19,22,26,34,44-45H,7,16-17,20-21,23-25H2,1-6H3,(H,47,51);1H/t26?,34?,40-;/m1./s1. The van der Waals surface area contributed by atoms with Gasteiger partial charge < -0.3 is 39.8 Å². The van der Waals surface area contributed by atoms with Gasteiger partial charge in [0.1, 0.15) is 29.2 Å². The monoisotopic (exact) mass is 817 g/mol. The maximum absolute atomic E-state index is 15.4. The third kappa shape index (κ3) is 11.2. The van der Waals surface area contributed by atoms with Gasteiger partial charge in [0.2, 0.25) is 11.8 Å². The number of methoxy groups -OCH3 is 1. The summed E-state index contributed by atoms with van der Waals surface area (Å²) in [6, 6.07) is 16.1. The molecule has 0 saturated carbocycles. The molecule has 55 heavy (non-hydrogen) atoms. The highest BCUT2D eigenvalue weighted by Gasteiger charge is 2.41. The van der Waals surface area contributed by atoms with E-state index in [1.807, 2.05) is 68.3 Å². The maximum atomic E-state index is 15.4. The number of carbonyl (C=O) groups excluding carboxylic acids is 2. The predicted octanol–water partition coefficient (Wildman–Crippen LogP) is 6.24. The molecule has 4 aromatic rings. The molecule has 1 fully saturated rings. The second-order valence-corrected chi connectivity index (χ2v) is 15.0. The van der Waals surface area contributed by atoms with E-state index in [1.165, 1.54) is 19.2 Å². The molecule has 5 rings (SSSR count). The summed E-state index contributed by atoms with van der Waals surface area (Å²) < 4.78 is 29.0. The van der Waals surface area contributed by atoms with Crippen LogP contribution in [0.5, 0.6) is 11.5 Å². The minimum atomic E-state index is -0.944. The van der Waals surface area contributed by atoms with E-state index in [9.17, 15) is 9.59 Å². The van der Waals surface area contributed by atoms with Gasteiger partial charge in [-0.2, -0.15) is 0 Å². The number of nitrogens with zero attached hydrogens (tertiary/aromatic N) is 4. The van der Waals surface area contributed by atoms with Gasteiger partial charge in [0.25, 0.3) is 0 Å². The predicted molar refractivity (Wildman–Crippen MR) is 218 cm³/mol. The van der Waals surface area contributed by atoms with Gasteiger partial charge in [-0.3, -0.25) is 9.59 Å². The molecule has 0 radical (unpaired) electrons. The number of imidazole rings is 1. The van der Waals surface area contributed by atoms with Crippen LogP contribution in [-0.2, 0) is 40.9 Å². The number of piperidine rings is 1. The van der Waals surface area contributed by atoms with Crippen molar-refractivity contribution in [3.63, 3.8) is 0 Å². The molecule has 1 aliphatic heterocycles. The molecule has 2 amide bonds. The number of hydrogen-bond acceptors (Lipinski definition) is 8. The zero-order valence-corrected chi connectivity index (χ0v) is 34.5. The van der Waals surface area contributed by atoms with Crippen LogP contribution in [-0.4, -0.2) is 96.7 Å². The van der Waals surface area contributed by atoms with Gasteiger partial charge in [-0.05, 0) is 101 Å². The Hall–Kier alpha value is -3.75. The second kappa shape index (κ2) is 19.9. The molecular weight excluding hydrogens is 768 g/mol. The summed E-state index contributed by atoms with van der Waals surface area (Å²) in [6.45, 7) is 3.76. The number of hydrogen-bond donors (Lipinski definition) is 3. The second-order valence-electron chi connectivity index (χ2n) is 14.2. The number of nitrogens with one attached hydrogen (secondary N) is 3. The van der Waals surface area contributed by atoms with Crippen molar-refractivity contribution >= 4 is 47.4 Å². The van der Waals surface area contributed by atoms with Crippen molar-refractivity contribution in [2.75, 3.05) is 47.9 Å². The van der Waals surface area contributed by atoms with E-state index < -0.39 is 29.3 Å². The van der Waals surface area contributed by atoms with Crippen LogP contribution in [0.25, 0.3) is 11.3 Å². The third-order valence-electron chi connectivity index (χ3n) is 9.90. The van der Waals surface area contributed by atoms with E-state index in [0.29, 0.717) is 30.3 Å². The van der Waals surface area contributed by atoms with E-state index in [-0.39, 0.29) is 47.8 Å². The summed E-state index contributed by atoms with van der Waals surface area (Å²) in [5, 5.41) is 10.2. The first kappa shape index (κ1) is 44.0. The first-order chi connectivity index (χ1) is 25.8. The normalized spacial score (nSPS) is 16.6. The van der Waals surface area contributed by atoms with Crippen LogP contribution in [0.4, 0.5) is 4.39 Å². The van der Waals surface area contributed by atoms with Crippen LogP contribution >= 0.6 is 35.6 Å². The molecule has 3 atom stereocenters. The van der Waals surface area contributed by atoms with Gasteiger partial charge in [0.15, 0.2) is 0 Å². The zero-order chi connectivity index (χ0) is 39.0. The van der Waals surface area contributed by atoms with Crippen LogP contribution in [0.2, 0.25) is 10.0 Å². The van der Waals surface area contributed by atoms with E-state index >= 15 is 4.39 Å². The average Bonchev–Trinajstić information content (AvgIpc) is 3.50. The van der Waals surface area contributed by atoms with Crippen molar-refractivity contribution in [3.8, 4) is 22.8 Å². The molecule has 1 saturated heterocycles. The molecule has 3 aromatic carbocycles. The SMILES string of the molecule is COCC(NC(=O)C(C)NCc1c(F)cc(Cl)cc1Oc1ccc(-c2cnc(CN(C)C)n2C)cc1)C(=O)N(C)[C@@]1(Cc2ccc(Cl)cc2)CCCNC1.Cl. The molecule has 298 valence electrons. The molecule has 1 aliphatic rings. The van der Waals surface area contributed by atoms with Crippen LogP contribution in [0, 0.1) is 5.82 Å². The van der Waals surface area contributed by atoms with E-state index in [1.54, 1.807) is 31.0 Å². The highest BCUT2D eigenvalue weighted by atomic mass is 35.5. The number of amides is 2. The van der Waals surface area contributed by atoms with Crippen LogP contribution < -0.4 is 20.7 Å². The van der Waals surface area contributed by atoms with Crippen LogP contribution in [0.1, 0.15) is 36.7 Å². The summed E-state index contributed by atoms with van der Waals surface area (Å²) in [5.41, 5.74) is 2.64. The fraction of sp³-hybridized carbons (Fsp3) is 0.425. The molecule has 11 nitrogen and oxygen atoms in total. The number of likely N-dealkylation sites (N-methyl/N-ethyl adjacent to an activating group) is 1. The highest BCUT2D eigenvalue weighted by molar-refractivity contribution is 6.31. The molecule has 2 heterocycles. The Balaban J connectivity index is 0.00000673. The summed E-state index contributed by atoms with van der Waals surface area (Å²) in [6.07, 6.45) is 4.14. The van der Waals surface area contributed by atoms with Crippen molar-refractivity contribution in [2.45, 2.75) is 56.9 Å². The minimum absolute atomic E-state index is 0. The smallest absolute Gasteiger partial charge is 0.247 e. The van der Waals surface area contributed by atoms with Gasteiger partial charge in [-0.1, -0.05) is 35.3 Å². The zero-order valence-electron chi connectivity index (χ0n) is 32.1. The lowest BCUT2D eigenvalue weighted by Gasteiger charge is -2.46. The number of carbonyl (C=O) groups is 2. The molecule has 0 spiro atoms. The molecule has 2 unspecified atom stereocenters. The molecule has 0 bridgehead atoms. The topological polar surface area (TPSA) is 113 Å². The Morgan fingerprint density at radius 1 is 1.07 bits per heavy atom. The molecule has 1 aromatic heterocycles. The van der Waals surface area contributed by atoms with Crippen molar-refractivity contribution in [3.05, 3.63) is 99.7 Å². The van der Waals surface area contributed by atoms with Crippen LogP contribution in [0.3, 0.4) is 0 Å². The first-order valence-electron chi connectivity index (χ1n) is 18.0. The molecular formula is C40H51Cl3FN7O4. The fourth-order valence-electron chi connectivity index (χ4n) is 6.75. The third-order valence-corrected chi connectivity index (χ3v) is 10.4. The first-order valence-corrected chi connectivity index (χ1v) is 18.7. The lowest BCUT2D eigenvalue weighted by atomic mass is 9.82. The van der Waals surface area contributed by atoms with E-state index in [0.717, 1.165) is 42.0 Å². The Morgan fingerprint density at radius 3 is 2.42 bits per heavy atom. The maximum Gasteiger partial charge on any atom is 0.247 e. The number of ether oxygens (including phenoxy) is 2. The highest BCUT2D eigenvalue weighted by Crippen LogP contribution is 2.33. The largest absolute Gasteiger partial charge is 0.457 e. The van der Waals surface area contributed by atoms with Gasteiger partial charge in [-0.25, -0.2) is 9.37 Å². The van der Waals surface area contributed by atoms with Crippen molar-refractivity contribution in [1.29, 1.82) is 0 Å². The van der Waals surface area contributed by atoms with Gasteiger partial charge >= 0.3 is 0 Å². The number of aromatic nitrogens is 2. The van der Waals surface area contributed by atoms with Gasteiger partial charge in [0, 0.05) is 55.5 Å². The average molecular weight is 819 g/mol. The van der Waals surface area contributed by atoms with E-state index in [2.05, 4.69) is 25.8 Å². The molecule has 15 heteroatoms. The van der Waals surface area contributed by atoms with Crippen molar-refractivity contribution < 1.29 is 23.5 Å². The fourth-order valence-corrected chi connectivity index (χ4v) is 7.07. The van der Waals surface area contributed by atoms with Gasteiger partial charge in [-0.15, -0.1) is 12.4 Å². The van der Waals surface area contributed by atoms with E-state index in [4.69, 9.17) is 32.7 Å². The summed E-state index contributed by atoms with van der Waals surface area (Å²) in [4.78, 5) is 35.9.